The summed E-state index contributed by atoms with van der Waals surface area (Å²) >= 11 is 0. The molecule has 325 valence electrons. The second-order valence-electron chi connectivity index (χ2n) is 17.5. The van der Waals surface area contributed by atoms with E-state index < -0.39 is 12.8 Å². The van der Waals surface area contributed by atoms with Gasteiger partial charge in [-0.25, -0.2) is 4.98 Å². The second kappa shape index (κ2) is 21.8. The van der Waals surface area contributed by atoms with E-state index in [1.165, 1.54) is 5.57 Å². The normalized spacial score (nSPS) is 15.4. The van der Waals surface area contributed by atoms with Crippen molar-refractivity contribution in [2.24, 2.45) is 22.2 Å². The summed E-state index contributed by atoms with van der Waals surface area (Å²) < 4.78 is 6.69. The molecule has 1 radical (unpaired) electrons. The first kappa shape index (κ1) is 48.1. The highest BCUT2D eigenvalue weighted by Gasteiger charge is 2.38. The molecule has 9 heteroatoms. The number of nitrogens with zero attached hydrogens (tertiary/aromatic N) is 4. The lowest BCUT2D eigenvalue weighted by molar-refractivity contribution is 0.0419. The number of rotatable bonds is 15. The molecule has 2 aliphatic rings. The number of aliphatic imine (C=N–C) groups is 1. The van der Waals surface area contributed by atoms with Crippen molar-refractivity contribution >= 4 is 17.6 Å². The molecule has 0 bridgehead atoms. The Morgan fingerprint density at radius 1 is 1.02 bits per heavy atom. The van der Waals surface area contributed by atoms with Crippen molar-refractivity contribution in [3.63, 3.8) is 0 Å². The van der Waals surface area contributed by atoms with Crippen molar-refractivity contribution in [1.29, 1.82) is 0 Å². The number of aryl methyl sites for hydroxylation is 3. The molecule has 1 aromatic heterocycles. The van der Waals surface area contributed by atoms with Crippen molar-refractivity contribution in [2.45, 2.75) is 108 Å². The van der Waals surface area contributed by atoms with Crippen molar-refractivity contribution in [3.05, 3.63) is 136 Å². The zero-order valence-corrected chi connectivity index (χ0v) is 38.1. The number of hydrogen-bond donors (Lipinski definition) is 3. The molecule has 0 saturated heterocycles. The number of anilines is 1. The summed E-state index contributed by atoms with van der Waals surface area (Å²) in [6.45, 7) is 27.1. The predicted molar refractivity (Wildman–Crippen MR) is 253 cm³/mol. The SMILES string of the molecule is C=C1C=CC([C@@H](CCC2=C[CH]2)N(C(=O)c2cccc(C)c2)[C@@H](COc2cc(-c3c(C)cccc3C)nc(N)n2)[C@@H](C)CC(C)C)=NC(C)=C1/C=C(\C#CC)C(C)(C)C.OCO.[HH]. The van der Waals surface area contributed by atoms with Crippen LogP contribution >= 0.6 is 0 Å². The van der Waals surface area contributed by atoms with Gasteiger partial charge in [0.15, 0.2) is 0 Å². The lowest BCUT2D eigenvalue weighted by atomic mass is 9.84. The molecular formula is C52H68N5O4. The first-order chi connectivity index (χ1) is 28.9. The number of allylic oxidation sites excluding steroid dienone is 8. The van der Waals surface area contributed by atoms with Crippen LogP contribution in [0.15, 0.2) is 112 Å². The van der Waals surface area contributed by atoms with Gasteiger partial charge in [-0.15, -0.1) is 5.92 Å². The van der Waals surface area contributed by atoms with Crippen LogP contribution in [0.2, 0.25) is 0 Å². The van der Waals surface area contributed by atoms with Crippen molar-refractivity contribution < 1.29 is 21.2 Å². The van der Waals surface area contributed by atoms with Gasteiger partial charge in [0.25, 0.3) is 5.91 Å². The van der Waals surface area contributed by atoms with E-state index in [1.54, 1.807) is 0 Å². The van der Waals surface area contributed by atoms with Crippen LogP contribution in [-0.2, 0) is 0 Å². The molecule has 3 atom stereocenters. The van der Waals surface area contributed by atoms with E-state index in [4.69, 9.17) is 25.7 Å². The van der Waals surface area contributed by atoms with Gasteiger partial charge < -0.3 is 25.6 Å². The quantitative estimate of drug-likeness (QED) is 0.103. The third-order valence-electron chi connectivity index (χ3n) is 10.8. The Morgan fingerprint density at radius 3 is 2.26 bits per heavy atom. The molecular weight excluding hydrogens is 759 g/mol. The summed E-state index contributed by atoms with van der Waals surface area (Å²) in [4.78, 5) is 31.9. The first-order valence-corrected chi connectivity index (χ1v) is 21.2. The monoisotopic (exact) mass is 827 g/mol. The number of carbonyl (C=O) groups excluding carboxylic acids is 1. The number of aromatic nitrogens is 2. The maximum absolute atomic E-state index is 15.3. The van der Waals surface area contributed by atoms with Crippen molar-refractivity contribution in [3.8, 4) is 29.0 Å². The molecule has 4 N–H and O–H groups in total. The predicted octanol–water partition coefficient (Wildman–Crippen LogP) is 10.5. The maximum Gasteiger partial charge on any atom is 0.254 e. The summed E-state index contributed by atoms with van der Waals surface area (Å²) in [6, 6.07) is 15.1. The molecule has 1 aliphatic heterocycles. The third kappa shape index (κ3) is 13.5. The van der Waals surface area contributed by atoms with Crippen LogP contribution in [0.1, 0.15) is 103 Å². The minimum absolute atomic E-state index is 0. The van der Waals surface area contributed by atoms with Gasteiger partial charge in [0.1, 0.15) is 13.4 Å². The smallest absolute Gasteiger partial charge is 0.254 e. The molecule has 5 rings (SSSR count). The van der Waals surface area contributed by atoms with E-state index in [0.29, 0.717) is 29.5 Å². The number of aliphatic hydroxyl groups excluding tert-OH is 1. The van der Waals surface area contributed by atoms with Gasteiger partial charge in [-0.05, 0) is 112 Å². The van der Waals surface area contributed by atoms with E-state index in [9.17, 15) is 0 Å². The van der Waals surface area contributed by atoms with Crippen LogP contribution in [0.25, 0.3) is 11.3 Å². The molecule has 2 heterocycles. The Morgan fingerprint density at radius 2 is 1.67 bits per heavy atom. The van der Waals surface area contributed by atoms with Crippen LogP contribution in [0.4, 0.5) is 5.95 Å². The molecule has 9 nitrogen and oxygen atoms in total. The van der Waals surface area contributed by atoms with E-state index in [1.807, 2.05) is 69.3 Å². The zero-order chi connectivity index (χ0) is 45.0. The van der Waals surface area contributed by atoms with Crippen molar-refractivity contribution in [2.75, 3.05) is 19.1 Å². The average molecular weight is 827 g/mol. The average Bonchev–Trinajstić information content (AvgIpc) is 4.02. The van der Waals surface area contributed by atoms with E-state index in [2.05, 4.69) is 119 Å². The largest absolute Gasteiger partial charge is 0.475 e. The number of nitrogen functional groups attached to an aromatic ring is 1. The number of amides is 1. The van der Waals surface area contributed by atoms with E-state index in [-0.39, 0.29) is 37.3 Å². The Bertz CT molecular complexity index is 2260. The minimum Gasteiger partial charge on any atom is -0.475 e. The fourth-order valence-electron chi connectivity index (χ4n) is 7.76. The van der Waals surface area contributed by atoms with E-state index >= 15 is 4.79 Å². The molecule has 0 spiro atoms. The summed E-state index contributed by atoms with van der Waals surface area (Å²) in [7, 11) is 0. The van der Waals surface area contributed by atoms with Gasteiger partial charge in [-0.3, -0.25) is 9.79 Å². The highest BCUT2D eigenvalue weighted by molar-refractivity contribution is 6.05. The van der Waals surface area contributed by atoms with Crippen molar-refractivity contribution in [1.82, 2.24) is 14.9 Å². The van der Waals surface area contributed by atoms with E-state index in [0.717, 1.165) is 63.2 Å². The molecule has 1 amide bonds. The summed E-state index contributed by atoms with van der Waals surface area (Å²) in [5, 5.41) is 14.2. The van der Waals surface area contributed by atoms with Gasteiger partial charge in [0.2, 0.25) is 11.8 Å². The topological polar surface area (TPSA) is 134 Å². The zero-order valence-electron chi connectivity index (χ0n) is 38.1. The standard InChI is InChI=1S/C51H62N5O2.CH4O2.H2/c1-13-16-41(51(10,11)12)29-42-34(5)21-25-43(53-38(42)9)45(26-24-39-22-23-39)56(49(57)40-20-14-17-33(4)28-40)46(37(8)27-32(2)3)31-58-47-30-44(54-50(52)55-47)48-35(6)18-15-19-36(48)7;2-1-3;/h14-15,17-23,25,28-30,32,37,45-46H,5,24,26-27,31H2,1-4,6-12H3,(H2,52,54,55);2-3H,1H2;1H/b41-29+;;/t37-,45+,46-;;/m0../s1. The summed E-state index contributed by atoms with van der Waals surface area (Å²) in [5.74, 6) is 7.27. The Hall–Kier alpha value is -5.56. The Balaban J connectivity index is 0.00000249. The number of carbonyl (C=O) groups is 1. The molecule has 0 unspecified atom stereocenters. The minimum atomic E-state index is -0.750. The fraction of sp³-hybridized carbons (Fsp3) is 0.404. The molecule has 0 saturated carbocycles. The lowest BCUT2D eigenvalue weighted by Gasteiger charge is -2.41. The Kier molecular flexibility index (Phi) is 17.2. The second-order valence-corrected chi connectivity index (χ2v) is 17.5. The lowest BCUT2D eigenvalue weighted by Crippen LogP contribution is -2.55. The summed E-state index contributed by atoms with van der Waals surface area (Å²) in [6.07, 6.45) is 12.8. The number of nitrogens with two attached hydrogens (primary N) is 1. The number of ether oxygens (including phenoxy) is 1. The van der Waals surface area contributed by atoms with Crippen LogP contribution in [0, 0.1) is 56.3 Å². The number of hydrogen-bond acceptors (Lipinski definition) is 8. The Labute approximate surface area is 366 Å². The van der Waals surface area contributed by atoms with Gasteiger partial charge in [-0.2, -0.15) is 4.98 Å². The van der Waals surface area contributed by atoms with Gasteiger partial charge in [0, 0.05) is 41.9 Å². The van der Waals surface area contributed by atoms with Crippen LogP contribution in [0.5, 0.6) is 5.88 Å². The van der Waals surface area contributed by atoms with Crippen LogP contribution < -0.4 is 10.5 Å². The highest BCUT2D eigenvalue weighted by atomic mass is 16.5. The highest BCUT2D eigenvalue weighted by Crippen LogP contribution is 2.34. The summed E-state index contributed by atoms with van der Waals surface area (Å²) in [5.41, 5.74) is 17.4. The molecule has 1 aliphatic carbocycles. The maximum atomic E-state index is 15.3. The molecule has 0 fully saturated rings. The van der Waals surface area contributed by atoms with Gasteiger partial charge in [0.05, 0.1) is 23.5 Å². The molecule has 61 heavy (non-hydrogen) atoms. The van der Waals surface area contributed by atoms with Crippen LogP contribution in [0.3, 0.4) is 0 Å². The van der Waals surface area contributed by atoms with Gasteiger partial charge in [-0.1, -0.05) is 108 Å². The first-order valence-electron chi connectivity index (χ1n) is 21.2. The molecule has 2 aromatic carbocycles. The number of benzene rings is 2. The third-order valence-corrected chi connectivity index (χ3v) is 10.8. The number of aliphatic hydroxyl groups is 2. The molecule has 3 aromatic rings. The van der Waals surface area contributed by atoms with Crippen LogP contribution in [-0.4, -0.2) is 62.2 Å². The van der Waals surface area contributed by atoms with Gasteiger partial charge >= 0.3 is 0 Å². The fourth-order valence-corrected chi connectivity index (χ4v) is 7.76.